The zero-order valence-corrected chi connectivity index (χ0v) is 18.9. The van der Waals surface area contributed by atoms with E-state index in [2.05, 4.69) is 19.1 Å². The van der Waals surface area contributed by atoms with Crippen LogP contribution in [0, 0.1) is 0 Å². The monoisotopic (exact) mass is 400 g/mol. The van der Waals surface area contributed by atoms with Crippen LogP contribution in [0.2, 0.25) is 0 Å². The van der Waals surface area contributed by atoms with Crippen LogP contribution in [-0.4, -0.2) is 54.3 Å². The van der Waals surface area contributed by atoms with Crippen LogP contribution < -0.4 is 0 Å². The van der Waals surface area contributed by atoms with Gasteiger partial charge in [-0.25, -0.2) is 4.79 Å². The van der Waals surface area contributed by atoms with Crippen LogP contribution in [0.15, 0.2) is 12.2 Å². The lowest BCUT2D eigenvalue weighted by Crippen LogP contribution is -2.39. The number of quaternary nitrogens is 1. The molecule has 2 N–H and O–H groups in total. The number of carboxylic acids is 2. The summed E-state index contributed by atoms with van der Waals surface area (Å²) < 4.78 is 0.481. The van der Waals surface area contributed by atoms with E-state index in [1.165, 1.54) is 70.6 Å². The normalized spacial score (nSPS) is 11.3. The molecule has 0 aliphatic heterocycles. The third kappa shape index (κ3) is 32.3. The standard InChI is InChI=1S/C18H34O2.C5H11NO2/c1-2-3-4-5-6-7-8-9-10-11-12-13-14-15-16-17-18(19)20;1-6(2,3)4-5(7)8/h8-9H,2-7,10-17H2,1H3,(H,19,20);4H2,1-3H3/p+1/b9-8+;. The molecule has 0 fully saturated rings. The second-order valence-electron chi connectivity index (χ2n) is 8.57. The molecular formula is C23H46NO4+. The van der Waals surface area contributed by atoms with Crippen molar-refractivity contribution in [3.05, 3.63) is 12.2 Å². The molecule has 0 aromatic rings. The Kier molecular flexibility index (Phi) is 21.0. The van der Waals surface area contributed by atoms with Gasteiger partial charge in [0.15, 0.2) is 6.54 Å². The van der Waals surface area contributed by atoms with Crippen LogP contribution in [0.3, 0.4) is 0 Å². The predicted octanol–water partition coefficient (Wildman–Crippen LogP) is 5.89. The average molecular weight is 401 g/mol. The molecule has 0 aliphatic rings. The van der Waals surface area contributed by atoms with E-state index in [-0.39, 0.29) is 6.54 Å². The van der Waals surface area contributed by atoms with E-state index in [9.17, 15) is 9.59 Å². The van der Waals surface area contributed by atoms with Gasteiger partial charge in [-0.1, -0.05) is 70.4 Å². The number of aliphatic carboxylic acids is 2. The van der Waals surface area contributed by atoms with Crippen molar-refractivity contribution in [1.29, 1.82) is 0 Å². The van der Waals surface area contributed by atoms with E-state index in [0.717, 1.165) is 12.8 Å². The van der Waals surface area contributed by atoms with E-state index in [1.54, 1.807) is 0 Å². The van der Waals surface area contributed by atoms with Gasteiger partial charge in [-0.3, -0.25) is 4.79 Å². The second kappa shape index (κ2) is 20.4. The summed E-state index contributed by atoms with van der Waals surface area (Å²) in [4.78, 5) is 20.3. The van der Waals surface area contributed by atoms with Crippen molar-refractivity contribution in [2.75, 3.05) is 27.7 Å². The summed E-state index contributed by atoms with van der Waals surface area (Å²) in [5.41, 5.74) is 0. The lowest BCUT2D eigenvalue weighted by molar-refractivity contribution is -0.862. The average Bonchev–Trinajstić information content (AvgIpc) is 2.56. The van der Waals surface area contributed by atoms with E-state index in [4.69, 9.17) is 10.2 Å². The molecule has 0 heterocycles. The van der Waals surface area contributed by atoms with Gasteiger partial charge in [-0.15, -0.1) is 0 Å². The van der Waals surface area contributed by atoms with Gasteiger partial charge in [0, 0.05) is 6.42 Å². The minimum atomic E-state index is -0.752. The molecule has 5 heteroatoms. The molecule has 0 spiro atoms. The van der Waals surface area contributed by atoms with Crippen molar-refractivity contribution in [1.82, 2.24) is 0 Å². The summed E-state index contributed by atoms with van der Waals surface area (Å²) in [5, 5.41) is 16.7. The predicted molar refractivity (Wildman–Crippen MR) is 118 cm³/mol. The first-order chi connectivity index (χ1) is 13.2. The van der Waals surface area contributed by atoms with Crippen LogP contribution in [0.5, 0.6) is 0 Å². The molecule has 166 valence electrons. The molecule has 0 saturated carbocycles. The highest BCUT2D eigenvalue weighted by Gasteiger charge is 2.11. The Morgan fingerprint density at radius 2 is 1.11 bits per heavy atom. The number of hydrogen-bond donors (Lipinski definition) is 2. The SMILES string of the molecule is CCCCCCC/C=C/CCCCCCCCC(=O)O.C[N+](C)(C)CC(=O)O. The summed E-state index contributed by atoms with van der Waals surface area (Å²) in [6.07, 6.45) is 21.2. The summed E-state index contributed by atoms with van der Waals surface area (Å²) in [6, 6.07) is 0. The Labute approximate surface area is 173 Å². The van der Waals surface area contributed by atoms with Crippen LogP contribution in [0.25, 0.3) is 0 Å². The van der Waals surface area contributed by atoms with Gasteiger partial charge in [-0.05, 0) is 32.1 Å². The highest BCUT2D eigenvalue weighted by Crippen LogP contribution is 2.10. The molecule has 0 saturated heterocycles. The number of carboxylic acid groups (broad SMARTS) is 2. The van der Waals surface area contributed by atoms with Crippen molar-refractivity contribution in [2.45, 2.75) is 96.8 Å². The number of likely N-dealkylation sites (N-methyl/N-ethyl adjacent to an activating group) is 1. The van der Waals surface area contributed by atoms with Crippen molar-refractivity contribution < 1.29 is 24.3 Å². The highest BCUT2D eigenvalue weighted by molar-refractivity contribution is 5.67. The van der Waals surface area contributed by atoms with E-state index in [0.29, 0.717) is 10.9 Å². The lowest BCUT2D eigenvalue weighted by atomic mass is 10.1. The number of rotatable bonds is 17. The Morgan fingerprint density at radius 3 is 1.46 bits per heavy atom. The lowest BCUT2D eigenvalue weighted by Gasteiger charge is -2.20. The Bertz CT molecular complexity index is 400. The molecule has 0 aromatic heterocycles. The van der Waals surface area contributed by atoms with Gasteiger partial charge in [0.25, 0.3) is 0 Å². The largest absolute Gasteiger partial charge is 0.481 e. The molecule has 0 aromatic carbocycles. The number of carbonyl (C=O) groups is 2. The second-order valence-corrected chi connectivity index (χ2v) is 8.57. The minimum absolute atomic E-state index is 0.181. The molecule has 0 unspecified atom stereocenters. The van der Waals surface area contributed by atoms with Crippen LogP contribution in [-0.2, 0) is 9.59 Å². The minimum Gasteiger partial charge on any atom is -0.481 e. The fourth-order valence-corrected chi connectivity index (χ4v) is 2.75. The molecule has 28 heavy (non-hydrogen) atoms. The fourth-order valence-electron chi connectivity index (χ4n) is 2.75. The maximum Gasteiger partial charge on any atom is 0.359 e. The molecule has 5 nitrogen and oxygen atoms in total. The third-order valence-electron chi connectivity index (χ3n) is 4.26. The van der Waals surface area contributed by atoms with Crippen molar-refractivity contribution in [3.8, 4) is 0 Å². The molecule has 0 radical (unpaired) electrons. The van der Waals surface area contributed by atoms with E-state index < -0.39 is 11.9 Å². The Balaban J connectivity index is 0. The third-order valence-corrected chi connectivity index (χ3v) is 4.26. The topological polar surface area (TPSA) is 74.6 Å². The van der Waals surface area contributed by atoms with Gasteiger partial charge in [-0.2, -0.15) is 0 Å². The quantitative estimate of drug-likeness (QED) is 0.181. The highest BCUT2D eigenvalue weighted by atomic mass is 16.4. The van der Waals surface area contributed by atoms with Gasteiger partial charge in [0.2, 0.25) is 0 Å². The van der Waals surface area contributed by atoms with Crippen molar-refractivity contribution in [2.24, 2.45) is 0 Å². The molecular weight excluding hydrogens is 354 g/mol. The first-order valence-corrected chi connectivity index (χ1v) is 11.1. The van der Waals surface area contributed by atoms with Gasteiger partial charge < -0.3 is 14.7 Å². The molecule has 0 amide bonds. The number of nitrogens with zero attached hydrogens (tertiary/aromatic N) is 1. The van der Waals surface area contributed by atoms with Gasteiger partial charge in [0.05, 0.1) is 21.1 Å². The number of unbranched alkanes of at least 4 members (excludes halogenated alkanes) is 11. The maximum atomic E-state index is 10.3. The van der Waals surface area contributed by atoms with Gasteiger partial charge >= 0.3 is 11.9 Å². The van der Waals surface area contributed by atoms with Crippen molar-refractivity contribution >= 4 is 11.9 Å². The van der Waals surface area contributed by atoms with E-state index >= 15 is 0 Å². The van der Waals surface area contributed by atoms with Gasteiger partial charge in [0.1, 0.15) is 0 Å². The number of hydrogen-bond acceptors (Lipinski definition) is 2. The molecule has 0 rings (SSSR count). The zero-order chi connectivity index (χ0) is 21.7. The Hall–Kier alpha value is -1.36. The van der Waals surface area contributed by atoms with Crippen LogP contribution in [0.4, 0.5) is 0 Å². The first-order valence-electron chi connectivity index (χ1n) is 11.1. The van der Waals surface area contributed by atoms with E-state index in [1.807, 2.05) is 21.1 Å². The summed E-state index contributed by atoms with van der Waals surface area (Å²) in [6.45, 7) is 2.44. The molecule has 0 bridgehead atoms. The zero-order valence-electron chi connectivity index (χ0n) is 18.9. The smallest absolute Gasteiger partial charge is 0.359 e. The van der Waals surface area contributed by atoms with Crippen molar-refractivity contribution in [3.63, 3.8) is 0 Å². The fraction of sp³-hybridized carbons (Fsp3) is 0.826. The Morgan fingerprint density at radius 1 is 0.679 bits per heavy atom. The summed E-state index contributed by atoms with van der Waals surface area (Å²) in [7, 11) is 5.52. The summed E-state index contributed by atoms with van der Waals surface area (Å²) in [5.74, 6) is -1.41. The summed E-state index contributed by atoms with van der Waals surface area (Å²) >= 11 is 0. The molecule has 0 atom stereocenters. The van der Waals surface area contributed by atoms with Crippen LogP contribution in [0.1, 0.15) is 96.8 Å². The number of allylic oxidation sites excluding steroid dienone is 2. The first kappa shape index (κ1) is 28.8. The molecule has 0 aliphatic carbocycles. The maximum absolute atomic E-state index is 10.3. The van der Waals surface area contributed by atoms with Crippen LogP contribution >= 0.6 is 0 Å².